The van der Waals surface area contributed by atoms with Gasteiger partial charge in [-0.15, -0.1) is 4.40 Å². The Labute approximate surface area is 169 Å². The van der Waals surface area contributed by atoms with Crippen LogP contribution in [0, 0.1) is 0 Å². The number of amides is 1. The molecule has 0 spiro atoms. The van der Waals surface area contributed by atoms with Crippen molar-refractivity contribution in [3.63, 3.8) is 0 Å². The normalized spacial score (nSPS) is 15.9. The van der Waals surface area contributed by atoms with E-state index in [1.165, 1.54) is 18.2 Å². The number of sulfonamides is 1. The molecule has 0 atom stereocenters. The number of rotatable bonds is 5. The highest BCUT2D eigenvalue weighted by Crippen LogP contribution is 2.21. The molecule has 1 aromatic carbocycles. The predicted octanol–water partition coefficient (Wildman–Crippen LogP) is 2.56. The summed E-state index contributed by atoms with van der Waals surface area (Å²) < 4.78 is 29.2. The van der Waals surface area contributed by atoms with Crippen molar-refractivity contribution in [2.45, 2.75) is 37.5 Å². The van der Waals surface area contributed by atoms with E-state index in [4.69, 9.17) is 0 Å². The van der Waals surface area contributed by atoms with Crippen LogP contribution >= 0.6 is 0 Å². The van der Waals surface area contributed by atoms with E-state index in [0.717, 1.165) is 13.0 Å². The lowest BCUT2D eigenvalue weighted by atomic mass is 10.1. The van der Waals surface area contributed by atoms with Crippen molar-refractivity contribution in [3.8, 4) is 0 Å². The number of carbonyl (C=O) groups excluding carboxylic acids is 1. The van der Waals surface area contributed by atoms with Gasteiger partial charge in [0.1, 0.15) is 5.84 Å². The van der Waals surface area contributed by atoms with Gasteiger partial charge in [-0.25, -0.2) is 0 Å². The average Bonchev–Trinajstić information content (AvgIpc) is 3.05. The molecule has 1 fully saturated rings. The number of aromatic amines is 1. The lowest BCUT2D eigenvalue weighted by molar-refractivity contribution is 0.102. The third kappa shape index (κ3) is 4.92. The van der Waals surface area contributed by atoms with Crippen molar-refractivity contribution < 1.29 is 13.2 Å². The van der Waals surface area contributed by atoms with Crippen molar-refractivity contribution >= 4 is 27.5 Å². The summed E-state index contributed by atoms with van der Waals surface area (Å²) >= 11 is 0. The molecule has 3 rings (SSSR count). The van der Waals surface area contributed by atoms with Gasteiger partial charge in [0.15, 0.2) is 0 Å². The molecule has 0 radical (unpaired) electrons. The van der Waals surface area contributed by atoms with E-state index in [2.05, 4.69) is 14.7 Å². The first-order valence-electron chi connectivity index (χ1n) is 9.36. The highest BCUT2D eigenvalue weighted by molar-refractivity contribution is 7.90. The van der Waals surface area contributed by atoms with E-state index in [1.54, 1.807) is 18.2 Å². The van der Waals surface area contributed by atoms with Crippen LogP contribution in [0.2, 0.25) is 0 Å². The molecule has 8 nitrogen and oxygen atoms in total. The number of nitrogens with zero attached hydrogens (tertiary/aromatic N) is 2. The van der Waals surface area contributed by atoms with Crippen LogP contribution < -0.4 is 10.9 Å². The van der Waals surface area contributed by atoms with Gasteiger partial charge in [-0.3, -0.25) is 9.59 Å². The number of pyridine rings is 1. The summed E-state index contributed by atoms with van der Waals surface area (Å²) in [5.74, 6) is 0.0929. The van der Waals surface area contributed by atoms with Gasteiger partial charge in [-0.05, 0) is 36.6 Å². The molecule has 0 unspecified atom stereocenters. The maximum atomic E-state index is 12.6. The van der Waals surface area contributed by atoms with Gasteiger partial charge in [0.05, 0.1) is 4.90 Å². The Hall–Kier alpha value is -2.94. The molecule has 0 aliphatic carbocycles. The van der Waals surface area contributed by atoms with Crippen molar-refractivity contribution in [2.75, 3.05) is 18.9 Å². The van der Waals surface area contributed by atoms with Gasteiger partial charge in [-0.1, -0.05) is 19.9 Å². The lowest BCUT2D eigenvalue weighted by Crippen LogP contribution is -2.20. The molecule has 2 heterocycles. The summed E-state index contributed by atoms with van der Waals surface area (Å²) in [6.07, 6.45) is 1.49. The van der Waals surface area contributed by atoms with Gasteiger partial charge in [0, 0.05) is 43.0 Å². The Balaban J connectivity index is 1.85. The molecule has 9 heteroatoms. The quantitative estimate of drug-likeness (QED) is 0.778. The summed E-state index contributed by atoms with van der Waals surface area (Å²) in [4.78, 5) is 28.9. The van der Waals surface area contributed by atoms with Crippen LogP contribution in [0.15, 0.2) is 50.5 Å². The van der Waals surface area contributed by atoms with Crippen molar-refractivity contribution in [1.82, 2.24) is 9.88 Å². The summed E-state index contributed by atoms with van der Waals surface area (Å²) in [6, 6.07) is 8.76. The number of hydrogen-bond donors (Lipinski definition) is 2. The first-order valence-corrected chi connectivity index (χ1v) is 10.8. The summed E-state index contributed by atoms with van der Waals surface area (Å²) in [7, 11) is -2.07. The number of nitrogens with one attached hydrogen (secondary N) is 2. The number of carbonyl (C=O) groups is 1. The van der Waals surface area contributed by atoms with Gasteiger partial charge in [-0.2, -0.15) is 8.42 Å². The van der Waals surface area contributed by atoms with Crippen LogP contribution in [-0.4, -0.2) is 43.6 Å². The van der Waals surface area contributed by atoms with Gasteiger partial charge in [0.25, 0.3) is 15.9 Å². The number of hydrogen-bond acceptors (Lipinski definition) is 4. The van der Waals surface area contributed by atoms with E-state index in [0.29, 0.717) is 23.6 Å². The molecule has 1 saturated heterocycles. The molecule has 29 heavy (non-hydrogen) atoms. The fraction of sp³-hybridized carbons (Fsp3) is 0.350. The van der Waals surface area contributed by atoms with Crippen LogP contribution in [-0.2, 0) is 10.0 Å². The van der Waals surface area contributed by atoms with Crippen LogP contribution in [0.3, 0.4) is 0 Å². The zero-order chi connectivity index (χ0) is 21.2. The molecule has 2 N–H and O–H groups in total. The third-order valence-electron chi connectivity index (χ3n) is 4.70. The monoisotopic (exact) mass is 416 g/mol. The second kappa shape index (κ2) is 8.20. The zero-order valence-corrected chi connectivity index (χ0v) is 17.4. The van der Waals surface area contributed by atoms with E-state index in [-0.39, 0.29) is 21.9 Å². The number of benzene rings is 1. The fourth-order valence-corrected chi connectivity index (χ4v) is 4.19. The van der Waals surface area contributed by atoms with Crippen molar-refractivity contribution in [2.24, 2.45) is 4.40 Å². The van der Waals surface area contributed by atoms with Crippen LogP contribution in [0.25, 0.3) is 0 Å². The van der Waals surface area contributed by atoms with E-state index in [9.17, 15) is 18.0 Å². The molecule has 1 aliphatic rings. The minimum atomic E-state index is -3.88. The van der Waals surface area contributed by atoms with Gasteiger partial charge >= 0.3 is 0 Å². The molecule has 2 aromatic rings. The fourth-order valence-electron chi connectivity index (χ4n) is 3.05. The minimum absolute atomic E-state index is 0.00289. The van der Waals surface area contributed by atoms with Crippen molar-refractivity contribution in [3.05, 3.63) is 58.0 Å². The summed E-state index contributed by atoms with van der Waals surface area (Å²) in [5, 5.41) is 2.65. The molecule has 154 valence electrons. The number of anilines is 1. The molecule has 1 aromatic heterocycles. The molecule has 0 bridgehead atoms. The SMILES string of the molecule is CC(C)c1cc(C(=O)Nc2cccc(S(=O)(=O)/N=C3\CCCN3C)c2)cc(=O)[nH]1. The highest BCUT2D eigenvalue weighted by atomic mass is 32.2. The first kappa shape index (κ1) is 20.8. The van der Waals surface area contributed by atoms with Crippen LogP contribution in [0.1, 0.15) is 48.7 Å². The molecule has 1 amide bonds. The number of aromatic nitrogens is 1. The maximum absolute atomic E-state index is 12.6. The van der Waals surface area contributed by atoms with E-state index < -0.39 is 15.9 Å². The highest BCUT2D eigenvalue weighted by Gasteiger charge is 2.21. The number of likely N-dealkylation sites (tertiary alicyclic amines) is 1. The van der Waals surface area contributed by atoms with Gasteiger partial charge < -0.3 is 15.2 Å². The Kier molecular flexibility index (Phi) is 5.88. The van der Waals surface area contributed by atoms with Gasteiger partial charge in [0.2, 0.25) is 5.56 Å². The van der Waals surface area contributed by atoms with E-state index in [1.807, 2.05) is 25.8 Å². The molecular weight excluding hydrogens is 392 g/mol. The predicted molar refractivity (Wildman–Crippen MR) is 112 cm³/mol. The third-order valence-corrected chi connectivity index (χ3v) is 6.00. The topological polar surface area (TPSA) is 112 Å². The molecular formula is C20H24N4O4S. The maximum Gasteiger partial charge on any atom is 0.284 e. The standard InChI is InChI=1S/C20H24N4O4S/c1-13(2)17-10-14(11-19(25)22-17)20(26)21-15-6-4-7-16(12-15)29(27,28)23-18-8-5-9-24(18)3/h4,6-7,10-13H,5,8-9H2,1-3H3,(H,21,26)(H,22,25)/b23-18+. The van der Waals surface area contributed by atoms with Crippen molar-refractivity contribution in [1.29, 1.82) is 0 Å². The minimum Gasteiger partial charge on any atom is -0.362 e. The first-order chi connectivity index (χ1) is 13.7. The lowest BCUT2D eigenvalue weighted by Gasteiger charge is -2.11. The Morgan fingerprint density at radius 1 is 1.24 bits per heavy atom. The van der Waals surface area contributed by atoms with Crippen LogP contribution in [0.4, 0.5) is 5.69 Å². The largest absolute Gasteiger partial charge is 0.362 e. The Morgan fingerprint density at radius 3 is 2.66 bits per heavy atom. The smallest absolute Gasteiger partial charge is 0.284 e. The summed E-state index contributed by atoms with van der Waals surface area (Å²) in [6.45, 7) is 4.59. The number of H-pyrrole nitrogens is 1. The second-order valence-electron chi connectivity index (χ2n) is 7.33. The van der Waals surface area contributed by atoms with E-state index >= 15 is 0 Å². The second-order valence-corrected chi connectivity index (χ2v) is 8.94. The summed E-state index contributed by atoms with van der Waals surface area (Å²) in [5.41, 5.74) is 0.797. The Morgan fingerprint density at radius 2 is 2.00 bits per heavy atom. The average molecular weight is 417 g/mol. The number of amidine groups is 1. The molecule has 1 aliphatic heterocycles. The Bertz CT molecular complexity index is 1120. The van der Waals surface area contributed by atoms with Crippen LogP contribution in [0.5, 0.6) is 0 Å². The molecule has 0 saturated carbocycles. The zero-order valence-electron chi connectivity index (χ0n) is 16.6.